The second kappa shape index (κ2) is 6.04. The molecule has 2 atom stereocenters. The van der Waals surface area contributed by atoms with Crippen LogP contribution in [0.4, 0.5) is 0 Å². The standard InChI is InChI=1S/C15H22ClNO2S/c1-11-6-12(2)10-17(9-11)20(18,19)15-5-4-13(3)14(7-15)8-16/h4-5,7,11-12H,6,8-10H2,1-3H3. The third-order valence-electron chi connectivity index (χ3n) is 3.94. The Labute approximate surface area is 127 Å². The van der Waals surface area contributed by atoms with Gasteiger partial charge in [0.05, 0.1) is 4.90 Å². The molecule has 1 aliphatic rings. The van der Waals surface area contributed by atoms with Gasteiger partial charge in [0, 0.05) is 19.0 Å². The molecule has 0 spiro atoms. The van der Waals surface area contributed by atoms with Gasteiger partial charge in [-0.25, -0.2) is 8.42 Å². The molecule has 0 saturated carbocycles. The number of benzene rings is 1. The molecule has 1 heterocycles. The Bertz CT molecular complexity index is 576. The largest absolute Gasteiger partial charge is 0.243 e. The van der Waals surface area contributed by atoms with Crippen LogP contribution in [-0.4, -0.2) is 25.8 Å². The third kappa shape index (κ3) is 3.18. The lowest BCUT2D eigenvalue weighted by molar-refractivity contribution is 0.222. The molecular formula is C15H22ClNO2S. The van der Waals surface area contributed by atoms with E-state index in [0.29, 0.717) is 35.7 Å². The Hall–Kier alpha value is -0.580. The Balaban J connectivity index is 2.34. The fourth-order valence-electron chi connectivity index (χ4n) is 2.90. The van der Waals surface area contributed by atoms with E-state index in [1.165, 1.54) is 0 Å². The summed E-state index contributed by atoms with van der Waals surface area (Å²) < 4.78 is 27.1. The number of piperidine rings is 1. The Morgan fingerprint density at radius 2 is 1.85 bits per heavy atom. The minimum Gasteiger partial charge on any atom is -0.207 e. The first-order valence-corrected chi connectivity index (χ1v) is 8.97. The SMILES string of the molecule is Cc1ccc(S(=O)(=O)N2CC(C)CC(C)C2)cc1CCl. The summed E-state index contributed by atoms with van der Waals surface area (Å²) in [5.41, 5.74) is 1.91. The van der Waals surface area contributed by atoms with Crippen molar-refractivity contribution in [2.45, 2.75) is 38.0 Å². The molecule has 0 aromatic heterocycles. The van der Waals surface area contributed by atoms with E-state index >= 15 is 0 Å². The lowest BCUT2D eigenvalue weighted by Gasteiger charge is -2.34. The molecule has 3 nitrogen and oxygen atoms in total. The summed E-state index contributed by atoms with van der Waals surface area (Å²) in [5.74, 6) is 1.15. The smallest absolute Gasteiger partial charge is 0.207 e. The Kier molecular flexibility index (Phi) is 4.77. The maximum absolute atomic E-state index is 12.7. The van der Waals surface area contributed by atoms with Gasteiger partial charge in [-0.1, -0.05) is 19.9 Å². The van der Waals surface area contributed by atoms with Crippen molar-refractivity contribution in [1.82, 2.24) is 4.31 Å². The highest BCUT2D eigenvalue weighted by Gasteiger charge is 2.31. The second-order valence-corrected chi connectivity index (χ2v) is 8.20. The van der Waals surface area contributed by atoms with Gasteiger partial charge in [-0.2, -0.15) is 4.31 Å². The summed E-state index contributed by atoms with van der Waals surface area (Å²) in [7, 11) is -3.40. The van der Waals surface area contributed by atoms with E-state index in [1.807, 2.05) is 13.0 Å². The summed E-state index contributed by atoms with van der Waals surface area (Å²) in [6.45, 7) is 7.38. The zero-order chi connectivity index (χ0) is 14.9. The van der Waals surface area contributed by atoms with Crippen LogP contribution in [0.25, 0.3) is 0 Å². The van der Waals surface area contributed by atoms with E-state index < -0.39 is 10.0 Å². The van der Waals surface area contributed by atoms with E-state index in [2.05, 4.69) is 13.8 Å². The van der Waals surface area contributed by atoms with Gasteiger partial charge in [-0.15, -0.1) is 11.6 Å². The molecule has 1 aliphatic heterocycles. The van der Waals surface area contributed by atoms with Gasteiger partial charge < -0.3 is 0 Å². The highest BCUT2D eigenvalue weighted by molar-refractivity contribution is 7.89. The number of nitrogens with zero attached hydrogens (tertiary/aromatic N) is 1. The van der Waals surface area contributed by atoms with Crippen molar-refractivity contribution in [3.05, 3.63) is 29.3 Å². The highest BCUT2D eigenvalue weighted by atomic mass is 35.5. The summed E-state index contributed by atoms with van der Waals surface area (Å²) in [6.07, 6.45) is 1.09. The minimum absolute atomic E-state index is 0.335. The van der Waals surface area contributed by atoms with Crippen LogP contribution >= 0.6 is 11.6 Å². The van der Waals surface area contributed by atoms with Gasteiger partial charge in [-0.3, -0.25) is 0 Å². The van der Waals surface area contributed by atoms with Crippen LogP contribution in [-0.2, 0) is 15.9 Å². The molecule has 112 valence electrons. The molecule has 0 amide bonds. The van der Waals surface area contributed by atoms with Crippen LogP contribution in [0.15, 0.2) is 23.1 Å². The summed E-state index contributed by atoms with van der Waals surface area (Å²) in [5, 5.41) is 0. The van der Waals surface area contributed by atoms with Crippen molar-refractivity contribution >= 4 is 21.6 Å². The molecule has 0 bridgehead atoms. The van der Waals surface area contributed by atoms with E-state index in [0.717, 1.165) is 17.5 Å². The van der Waals surface area contributed by atoms with E-state index in [4.69, 9.17) is 11.6 Å². The molecule has 1 aromatic rings. The van der Waals surface area contributed by atoms with Crippen LogP contribution in [0.1, 0.15) is 31.4 Å². The fourth-order valence-corrected chi connectivity index (χ4v) is 4.92. The van der Waals surface area contributed by atoms with Gasteiger partial charge in [0.15, 0.2) is 0 Å². The van der Waals surface area contributed by atoms with Crippen molar-refractivity contribution in [1.29, 1.82) is 0 Å². The second-order valence-electron chi connectivity index (χ2n) is 5.99. The average molecular weight is 316 g/mol. The molecule has 5 heteroatoms. The number of rotatable bonds is 3. The molecule has 20 heavy (non-hydrogen) atoms. The Morgan fingerprint density at radius 3 is 2.40 bits per heavy atom. The predicted octanol–water partition coefficient (Wildman–Crippen LogP) is 3.40. The van der Waals surface area contributed by atoms with E-state index in [1.54, 1.807) is 16.4 Å². The monoisotopic (exact) mass is 315 g/mol. The van der Waals surface area contributed by atoms with Crippen LogP contribution in [0, 0.1) is 18.8 Å². The predicted molar refractivity (Wildman–Crippen MR) is 82.4 cm³/mol. The molecule has 0 radical (unpaired) electrons. The molecule has 2 rings (SSSR count). The molecule has 1 saturated heterocycles. The number of hydrogen-bond acceptors (Lipinski definition) is 2. The first-order valence-electron chi connectivity index (χ1n) is 7.00. The molecule has 1 aromatic carbocycles. The van der Waals surface area contributed by atoms with Gasteiger partial charge in [0.2, 0.25) is 10.0 Å². The van der Waals surface area contributed by atoms with Crippen LogP contribution < -0.4 is 0 Å². The van der Waals surface area contributed by atoms with Gasteiger partial charge >= 0.3 is 0 Å². The normalized spacial score (nSPS) is 24.8. The van der Waals surface area contributed by atoms with Crippen molar-refractivity contribution in [3.8, 4) is 0 Å². The van der Waals surface area contributed by atoms with E-state index in [-0.39, 0.29) is 0 Å². The lowest BCUT2D eigenvalue weighted by Crippen LogP contribution is -2.42. The molecule has 0 aliphatic carbocycles. The molecule has 0 N–H and O–H groups in total. The van der Waals surface area contributed by atoms with Crippen molar-refractivity contribution in [3.63, 3.8) is 0 Å². The van der Waals surface area contributed by atoms with Gasteiger partial charge in [0.25, 0.3) is 0 Å². The third-order valence-corrected chi connectivity index (χ3v) is 6.05. The summed E-state index contributed by atoms with van der Waals surface area (Å²) in [6, 6.07) is 5.23. The number of hydrogen-bond donors (Lipinski definition) is 0. The van der Waals surface area contributed by atoms with Gasteiger partial charge in [-0.05, 0) is 48.4 Å². The number of sulfonamides is 1. The van der Waals surface area contributed by atoms with Crippen molar-refractivity contribution in [2.75, 3.05) is 13.1 Å². The fraction of sp³-hybridized carbons (Fsp3) is 0.600. The molecule has 2 unspecified atom stereocenters. The molecule has 1 fully saturated rings. The Morgan fingerprint density at radius 1 is 1.25 bits per heavy atom. The van der Waals surface area contributed by atoms with Crippen molar-refractivity contribution < 1.29 is 8.42 Å². The highest BCUT2D eigenvalue weighted by Crippen LogP contribution is 2.27. The van der Waals surface area contributed by atoms with Gasteiger partial charge in [0.1, 0.15) is 0 Å². The number of halogens is 1. The minimum atomic E-state index is -3.40. The zero-order valence-electron chi connectivity index (χ0n) is 12.3. The summed E-state index contributed by atoms with van der Waals surface area (Å²) in [4.78, 5) is 0.361. The topological polar surface area (TPSA) is 37.4 Å². The lowest BCUT2D eigenvalue weighted by atomic mass is 9.94. The molecular weight excluding hydrogens is 294 g/mol. The number of alkyl halides is 1. The van der Waals surface area contributed by atoms with Crippen LogP contribution in [0.5, 0.6) is 0 Å². The average Bonchev–Trinajstić information content (AvgIpc) is 2.37. The quantitative estimate of drug-likeness (QED) is 0.802. The van der Waals surface area contributed by atoms with Crippen molar-refractivity contribution in [2.24, 2.45) is 11.8 Å². The zero-order valence-corrected chi connectivity index (χ0v) is 13.8. The maximum atomic E-state index is 12.7. The first kappa shape index (κ1) is 15.8. The maximum Gasteiger partial charge on any atom is 0.243 e. The van der Waals surface area contributed by atoms with E-state index in [9.17, 15) is 8.42 Å². The van der Waals surface area contributed by atoms with Crippen LogP contribution in [0.2, 0.25) is 0 Å². The summed E-state index contributed by atoms with van der Waals surface area (Å²) >= 11 is 5.88. The number of aryl methyl sites for hydroxylation is 1. The first-order chi connectivity index (χ1) is 9.34. The van der Waals surface area contributed by atoms with Crippen LogP contribution in [0.3, 0.4) is 0 Å².